The van der Waals surface area contributed by atoms with Gasteiger partial charge in [0.15, 0.2) is 0 Å². The summed E-state index contributed by atoms with van der Waals surface area (Å²) in [6, 6.07) is 10.4. The molecule has 9 nitrogen and oxygen atoms in total. The van der Waals surface area contributed by atoms with Crippen molar-refractivity contribution in [1.82, 2.24) is 10.6 Å². The van der Waals surface area contributed by atoms with Crippen LogP contribution in [0.5, 0.6) is 5.75 Å². The minimum Gasteiger partial charge on any atom is -0.495 e. The molecule has 0 saturated carbocycles. The zero-order chi connectivity index (χ0) is 35.2. The Labute approximate surface area is 283 Å². The molecule has 0 bridgehead atoms. The lowest BCUT2D eigenvalue weighted by atomic mass is 9.77. The Morgan fingerprint density at radius 3 is 2.36 bits per heavy atom. The fourth-order valence-electron chi connectivity index (χ4n) is 5.89. The Kier molecular flexibility index (Phi) is 12.8. The highest BCUT2D eigenvalue weighted by Gasteiger charge is 2.49. The SMILES string of the molecule is COCCC(C)(C)OCCC(C)(C)NC(=O)c1ccc(NC(=O)[C@@H]2NC(CC(C)(C)C)C(C#N)C2c2cccc(Cl)c2F)c(OC)c1. The monoisotopic (exact) mass is 672 g/mol. The first kappa shape index (κ1) is 38.2. The van der Waals surface area contributed by atoms with Crippen LogP contribution in [0.15, 0.2) is 36.4 Å². The summed E-state index contributed by atoms with van der Waals surface area (Å²) in [7, 11) is 3.10. The van der Waals surface area contributed by atoms with E-state index in [0.717, 1.165) is 6.42 Å². The first-order valence-electron chi connectivity index (χ1n) is 16.0. The van der Waals surface area contributed by atoms with Gasteiger partial charge in [0.1, 0.15) is 11.6 Å². The summed E-state index contributed by atoms with van der Waals surface area (Å²) in [5.41, 5.74) is -0.171. The van der Waals surface area contributed by atoms with Crippen LogP contribution in [0, 0.1) is 28.5 Å². The van der Waals surface area contributed by atoms with Crippen molar-refractivity contribution in [3.63, 3.8) is 0 Å². The van der Waals surface area contributed by atoms with Crippen LogP contribution in [0.3, 0.4) is 0 Å². The van der Waals surface area contributed by atoms with Crippen molar-refractivity contribution < 1.29 is 28.2 Å². The number of hydrogen-bond donors (Lipinski definition) is 3. The summed E-state index contributed by atoms with van der Waals surface area (Å²) in [4.78, 5) is 27.1. The molecule has 47 heavy (non-hydrogen) atoms. The number of benzene rings is 2. The minimum absolute atomic E-state index is 0.0743. The molecule has 0 spiro atoms. The van der Waals surface area contributed by atoms with Gasteiger partial charge in [0, 0.05) is 43.4 Å². The fraction of sp³-hybridized carbons (Fsp3) is 0.583. The third-order valence-corrected chi connectivity index (χ3v) is 8.77. The van der Waals surface area contributed by atoms with E-state index in [9.17, 15) is 14.9 Å². The van der Waals surface area contributed by atoms with E-state index in [-0.39, 0.29) is 39.3 Å². The maximum Gasteiger partial charge on any atom is 0.251 e. The van der Waals surface area contributed by atoms with Crippen molar-refractivity contribution in [3.8, 4) is 11.8 Å². The Hall–Kier alpha value is -3.23. The normalized spacial score (nSPS) is 20.0. The number of hydrogen-bond acceptors (Lipinski definition) is 7. The number of anilines is 1. The number of methoxy groups -OCH3 is 2. The molecular formula is C36H50ClFN4O5. The lowest BCUT2D eigenvalue weighted by Gasteiger charge is -2.30. The summed E-state index contributed by atoms with van der Waals surface area (Å²) in [5, 5.41) is 19.4. The van der Waals surface area contributed by atoms with Gasteiger partial charge in [0.2, 0.25) is 5.91 Å². The number of rotatable bonds is 14. The molecule has 3 rings (SSSR count). The summed E-state index contributed by atoms with van der Waals surface area (Å²) in [5.74, 6) is -2.61. The molecule has 1 aliphatic heterocycles. The molecule has 1 aliphatic rings. The highest BCUT2D eigenvalue weighted by atomic mass is 35.5. The van der Waals surface area contributed by atoms with Crippen molar-refractivity contribution in [2.24, 2.45) is 11.3 Å². The van der Waals surface area contributed by atoms with Crippen LogP contribution in [0.25, 0.3) is 0 Å². The van der Waals surface area contributed by atoms with Crippen molar-refractivity contribution in [3.05, 3.63) is 58.4 Å². The maximum atomic E-state index is 15.3. The van der Waals surface area contributed by atoms with Gasteiger partial charge in [0.05, 0.1) is 41.4 Å². The van der Waals surface area contributed by atoms with Gasteiger partial charge in [-0.3, -0.25) is 9.59 Å². The van der Waals surface area contributed by atoms with E-state index in [2.05, 4.69) is 22.0 Å². The number of amides is 2. The molecule has 2 amide bonds. The smallest absolute Gasteiger partial charge is 0.251 e. The van der Waals surface area contributed by atoms with E-state index in [1.807, 2.05) is 48.5 Å². The predicted octanol–water partition coefficient (Wildman–Crippen LogP) is 6.86. The average molecular weight is 673 g/mol. The number of nitrogens with one attached hydrogen (secondary N) is 3. The summed E-state index contributed by atoms with van der Waals surface area (Å²) < 4.78 is 32.1. The molecular weight excluding hydrogens is 623 g/mol. The molecule has 1 fully saturated rings. The van der Waals surface area contributed by atoms with Crippen LogP contribution in [-0.2, 0) is 14.3 Å². The van der Waals surface area contributed by atoms with Crippen molar-refractivity contribution in [2.75, 3.05) is 32.8 Å². The molecule has 0 radical (unpaired) electrons. The van der Waals surface area contributed by atoms with E-state index in [1.165, 1.54) is 13.2 Å². The first-order valence-corrected chi connectivity index (χ1v) is 16.3. The van der Waals surface area contributed by atoms with Gasteiger partial charge in [-0.15, -0.1) is 0 Å². The van der Waals surface area contributed by atoms with E-state index in [4.69, 9.17) is 25.8 Å². The van der Waals surface area contributed by atoms with Crippen LogP contribution in [-0.4, -0.2) is 62.5 Å². The standard InChI is InChI=1S/C36H50ClFN4O5/c1-34(2,3)20-27-24(21-39)29(23-11-10-12-25(37)30(23)38)31(40-27)33(44)41-26-14-13-22(19-28(26)46-9)32(43)42-35(4,5)15-18-47-36(6,7)16-17-45-8/h10-14,19,24,27,29,31,40H,15-18,20H2,1-9H3,(H,41,44)(H,42,43)/t24?,27?,29?,31-/m1/s1. The number of ether oxygens (including phenoxy) is 3. The van der Waals surface area contributed by atoms with Gasteiger partial charge in [0.25, 0.3) is 5.91 Å². The van der Waals surface area contributed by atoms with Crippen LogP contribution in [0.1, 0.15) is 89.6 Å². The lowest BCUT2D eigenvalue weighted by Crippen LogP contribution is -2.44. The lowest BCUT2D eigenvalue weighted by molar-refractivity contribution is -0.118. The third kappa shape index (κ3) is 10.4. The highest BCUT2D eigenvalue weighted by Crippen LogP contribution is 2.42. The number of nitrogens with zero attached hydrogens (tertiary/aromatic N) is 1. The second-order valence-electron chi connectivity index (χ2n) is 14.7. The molecule has 1 saturated heterocycles. The first-order chi connectivity index (χ1) is 21.9. The molecule has 2 aromatic carbocycles. The topological polar surface area (TPSA) is 122 Å². The number of nitriles is 1. The second kappa shape index (κ2) is 15.8. The molecule has 258 valence electrons. The zero-order valence-corrected chi connectivity index (χ0v) is 29.8. The average Bonchev–Trinajstić information content (AvgIpc) is 3.33. The summed E-state index contributed by atoms with van der Waals surface area (Å²) >= 11 is 6.12. The Bertz CT molecular complexity index is 1450. The fourth-order valence-corrected chi connectivity index (χ4v) is 6.07. The molecule has 4 atom stereocenters. The Morgan fingerprint density at radius 1 is 1.04 bits per heavy atom. The summed E-state index contributed by atoms with van der Waals surface area (Å²) in [6.07, 6.45) is 1.93. The van der Waals surface area contributed by atoms with Gasteiger partial charge in [-0.05, 0) is 82.2 Å². The molecule has 0 aromatic heterocycles. The van der Waals surface area contributed by atoms with Crippen molar-refractivity contribution >= 4 is 29.1 Å². The molecule has 1 heterocycles. The molecule has 11 heteroatoms. The summed E-state index contributed by atoms with van der Waals surface area (Å²) in [6.45, 7) is 15.1. The predicted molar refractivity (Wildman–Crippen MR) is 182 cm³/mol. The van der Waals surface area contributed by atoms with Crippen molar-refractivity contribution in [1.29, 1.82) is 5.26 Å². The van der Waals surface area contributed by atoms with Crippen LogP contribution in [0.4, 0.5) is 10.1 Å². The minimum atomic E-state index is -0.935. The molecule has 0 aliphatic carbocycles. The van der Waals surface area contributed by atoms with Crippen LogP contribution in [0.2, 0.25) is 5.02 Å². The van der Waals surface area contributed by atoms with Crippen molar-refractivity contribution in [2.45, 2.75) is 96.9 Å². The molecule has 3 N–H and O–H groups in total. The van der Waals surface area contributed by atoms with E-state index in [0.29, 0.717) is 37.3 Å². The van der Waals surface area contributed by atoms with Crippen LogP contribution < -0.4 is 20.7 Å². The van der Waals surface area contributed by atoms with Gasteiger partial charge in [-0.25, -0.2) is 4.39 Å². The van der Waals surface area contributed by atoms with E-state index < -0.39 is 35.1 Å². The van der Waals surface area contributed by atoms with Gasteiger partial charge < -0.3 is 30.2 Å². The Morgan fingerprint density at radius 2 is 1.74 bits per heavy atom. The maximum absolute atomic E-state index is 15.3. The zero-order valence-electron chi connectivity index (χ0n) is 29.1. The van der Waals surface area contributed by atoms with Gasteiger partial charge in [-0.1, -0.05) is 44.5 Å². The Balaban J connectivity index is 1.79. The molecule has 2 aromatic rings. The number of carbonyl (C=O) groups excluding carboxylic acids is 2. The van der Waals surface area contributed by atoms with Crippen LogP contribution >= 0.6 is 11.6 Å². The third-order valence-electron chi connectivity index (χ3n) is 8.48. The largest absolute Gasteiger partial charge is 0.495 e. The number of carbonyl (C=O) groups is 2. The second-order valence-corrected chi connectivity index (χ2v) is 15.1. The quantitative estimate of drug-likeness (QED) is 0.201. The van der Waals surface area contributed by atoms with Gasteiger partial charge in [-0.2, -0.15) is 5.26 Å². The van der Waals surface area contributed by atoms with Gasteiger partial charge >= 0.3 is 0 Å². The van der Waals surface area contributed by atoms with E-state index in [1.54, 1.807) is 37.4 Å². The highest BCUT2D eigenvalue weighted by molar-refractivity contribution is 6.30. The molecule has 3 unspecified atom stereocenters. The van der Waals surface area contributed by atoms with E-state index >= 15 is 4.39 Å². The number of halogens is 2.